The first-order valence-electron chi connectivity index (χ1n) is 7.24. The minimum Gasteiger partial charge on any atom is -0.494 e. The Kier molecular flexibility index (Phi) is 4.05. The summed E-state index contributed by atoms with van der Waals surface area (Å²) in [4.78, 5) is 7.35. The van der Waals surface area contributed by atoms with Crippen molar-refractivity contribution in [2.45, 2.75) is 19.9 Å². The van der Waals surface area contributed by atoms with Crippen LogP contribution in [0.5, 0.6) is 5.75 Å². The smallest absolute Gasteiger partial charge is 0.119 e. The molecule has 0 radical (unpaired) electrons. The fourth-order valence-corrected chi connectivity index (χ4v) is 2.17. The first-order valence-corrected chi connectivity index (χ1v) is 7.24. The lowest BCUT2D eigenvalue weighted by molar-refractivity contribution is 0.317. The Balaban J connectivity index is 1.61. The molecule has 0 amide bonds. The van der Waals surface area contributed by atoms with E-state index in [2.05, 4.69) is 40.4 Å². The maximum Gasteiger partial charge on any atom is 0.119 e. The Bertz CT molecular complexity index is 703. The topological polar surface area (TPSA) is 49.9 Å². The lowest BCUT2D eigenvalue weighted by Gasteiger charge is -2.08. The number of hydrogen-bond acceptors (Lipinski definition) is 3. The summed E-state index contributed by atoms with van der Waals surface area (Å²) in [5.74, 6) is 0.929. The van der Waals surface area contributed by atoms with Gasteiger partial charge in [0.15, 0.2) is 0 Å². The van der Waals surface area contributed by atoms with Gasteiger partial charge in [0.1, 0.15) is 5.75 Å². The summed E-state index contributed by atoms with van der Waals surface area (Å²) in [5, 5.41) is 3.41. The van der Waals surface area contributed by atoms with E-state index in [0.717, 1.165) is 42.0 Å². The van der Waals surface area contributed by atoms with Crippen molar-refractivity contribution in [1.82, 2.24) is 9.97 Å². The number of nitrogens with one attached hydrogen (secondary N) is 2. The molecule has 0 saturated heterocycles. The summed E-state index contributed by atoms with van der Waals surface area (Å²) < 4.78 is 5.58. The van der Waals surface area contributed by atoms with Crippen LogP contribution in [0.3, 0.4) is 0 Å². The molecule has 0 unspecified atom stereocenters. The number of aromatic amines is 1. The van der Waals surface area contributed by atoms with Crippen LogP contribution in [0.2, 0.25) is 0 Å². The van der Waals surface area contributed by atoms with Gasteiger partial charge in [-0.2, -0.15) is 0 Å². The van der Waals surface area contributed by atoms with Crippen molar-refractivity contribution in [2.24, 2.45) is 0 Å². The van der Waals surface area contributed by atoms with Crippen molar-refractivity contribution in [3.8, 4) is 5.75 Å². The molecule has 108 valence electrons. The van der Waals surface area contributed by atoms with E-state index in [-0.39, 0.29) is 0 Å². The predicted octanol–water partition coefficient (Wildman–Crippen LogP) is 3.96. The van der Waals surface area contributed by atoms with Crippen molar-refractivity contribution in [3.63, 3.8) is 0 Å². The molecular formula is C17H19N3O. The number of benzene rings is 2. The van der Waals surface area contributed by atoms with Gasteiger partial charge >= 0.3 is 0 Å². The highest BCUT2D eigenvalue weighted by Gasteiger charge is 1.99. The Morgan fingerprint density at radius 1 is 1.14 bits per heavy atom. The molecular weight excluding hydrogens is 262 g/mol. The first-order chi connectivity index (χ1) is 10.3. The van der Waals surface area contributed by atoms with Gasteiger partial charge in [-0.1, -0.05) is 19.1 Å². The zero-order valence-electron chi connectivity index (χ0n) is 12.1. The largest absolute Gasteiger partial charge is 0.494 e. The third-order valence-corrected chi connectivity index (χ3v) is 3.31. The van der Waals surface area contributed by atoms with Crippen molar-refractivity contribution in [3.05, 3.63) is 54.4 Å². The van der Waals surface area contributed by atoms with E-state index in [4.69, 9.17) is 4.74 Å². The van der Waals surface area contributed by atoms with Gasteiger partial charge in [0.05, 0.1) is 24.0 Å². The second kappa shape index (κ2) is 6.31. The molecule has 3 aromatic rings. The number of nitrogens with zero attached hydrogens (tertiary/aromatic N) is 1. The van der Waals surface area contributed by atoms with Gasteiger partial charge in [-0.15, -0.1) is 0 Å². The minimum atomic E-state index is 0.765. The van der Waals surface area contributed by atoms with Gasteiger partial charge in [0.2, 0.25) is 0 Å². The summed E-state index contributed by atoms with van der Waals surface area (Å²) in [6, 6.07) is 14.3. The lowest BCUT2D eigenvalue weighted by atomic mass is 10.2. The third kappa shape index (κ3) is 3.34. The number of aromatic nitrogens is 2. The van der Waals surface area contributed by atoms with Gasteiger partial charge in [0.25, 0.3) is 0 Å². The number of hydrogen-bond donors (Lipinski definition) is 2. The van der Waals surface area contributed by atoms with E-state index < -0.39 is 0 Å². The van der Waals surface area contributed by atoms with Crippen LogP contribution in [0.1, 0.15) is 18.9 Å². The number of fused-ring (bicyclic) bond motifs is 1. The van der Waals surface area contributed by atoms with Gasteiger partial charge in [-0.3, -0.25) is 0 Å². The Hall–Kier alpha value is -2.49. The normalized spacial score (nSPS) is 10.7. The highest BCUT2D eigenvalue weighted by Crippen LogP contribution is 2.17. The van der Waals surface area contributed by atoms with Crippen LogP contribution in [-0.2, 0) is 6.54 Å². The van der Waals surface area contributed by atoms with Crippen LogP contribution < -0.4 is 10.1 Å². The monoisotopic (exact) mass is 281 g/mol. The molecule has 1 heterocycles. The molecule has 1 aromatic heterocycles. The molecule has 3 rings (SSSR count). The van der Waals surface area contributed by atoms with E-state index in [9.17, 15) is 0 Å². The molecule has 0 aliphatic rings. The molecule has 0 fully saturated rings. The number of imidazole rings is 1. The van der Waals surface area contributed by atoms with Gasteiger partial charge in [-0.05, 0) is 42.3 Å². The predicted molar refractivity (Wildman–Crippen MR) is 85.6 cm³/mol. The molecule has 0 aliphatic carbocycles. The van der Waals surface area contributed by atoms with E-state index in [1.165, 1.54) is 5.56 Å². The molecule has 2 aromatic carbocycles. The van der Waals surface area contributed by atoms with E-state index in [0.29, 0.717) is 0 Å². The average Bonchev–Trinajstić information content (AvgIpc) is 2.99. The average molecular weight is 281 g/mol. The van der Waals surface area contributed by atoms with E-state index in [1.807, 2.05) is 24.3 Å². The van der Waals surface area contributed by atoms with Crippen LogP contribution in [0, 0.1) is 0 Å². The summed E-state index contributed by atoms with van der Waals surface area (Å²) in [6.45, 7) is 3.65. The molecule has 4 heteroatoms. The highest BCUT2D eigenvalue weighted by molar-refractivity contribution is 5.78. The zero-order chi connectivity index (χ0) is 14.5. The fraction of sp³-hybridized carbons (Fsp3) is 0.235. The Morgan fingerprint density at radius 2 is 2.00 bits per heavy atom. The number of anilines is 1. The fourth-order valence-electron chi connectivity index (χ4n) is 2.17. The summed E-state index contributed by atoms with van der Waals surface area (Å²) in [6.07, 6.45) is 2.74. The van der Waals surface area contributed by atoms with Crippen LogP contribution in [0.4, 0.5) is 5.69 Å². The maximum absolute atomic E-state index is 5.58. The quantitative estimate of drug-likeness (QED) is 0.719. The number of ether oxygens (including phenoxy) is 1. The van der Waals surface area contributed by atoms with E-state index >= 15 is 0 Å². The van der Waals surface area contributed by atoms with Crippen molar-refractivity contribution in [1.29, 1.82) is 0 Å². The van der Waals surface area contributed by atoms with Crippen LogP contribution in [-0.4, -0.2) is 16.6 Å². The second-order valence-electron chi connectivity index (χ2n) is 4.98. The molecule has 21 heavy (non-hydrogen) atoms. The minimum absolute atomic E-state index is 0.765. The molecule has 0 saturated carbocycles. The molecule has 0 spiro atoms. The first kappa shape index (κ1) is 13.5. The van der Waals surface area contributed by atoms with Crippen molar-refractivity contribution >= 4 is 16.7 Å². The summed E-state index contributed by atoms with van der Waals surface area (Å²) in [5.41, 5.74) is 4.32. The van der Waals surface area contributed by atoms with Crippen LogP contribution >= 0.6 is 0 Å². The van der Waals surface area contributed by atoms with Crippen LogP contribution in [0.15, 0.2) is 48.8 Å². The second-order valence-corrected chi connectivity index (χ2v) is 4.98. The molecule has 0 bridgehead atoms. The van der Waals surface area contributed by atoms with E-state index in [1.54, 1.807) is 6.33 Å². The third-order valence-electron chi connectivity index (χ3n) is 3.31. The summed E-state index contributed by atoms with van der Waals surface area (Å²) >= 11 is 0. The van der Waals surface area contributed by atoms with Gasteiger partial charge < -0.3 is 15.0 Å². The molecule has 2 N–H and O–H groups in total. The molecule has 0 atom stereocenters. The van der Waals surface area contributed by atoms with Gasteiger partial charge in [-0.25, -0.2) is 4.98 Å². The Labute approximate surface area is 124 Å². The Morgan fingerprint density at radius 3 is 2.81 bits per heavy atom. The zero-order valence-corrected chi connectivity index (χ0v) is 12.1. The SMILES string of the molecule is CCCOc1ccc(CNc2ccc3[nH]cnc3c2)cc1. The van der Waals surface area contributed by atoms with Gasteiger partial charge in [0, 0.05) is 12.2 Å². The maximum atomic E-state index is 5.58. The summed E-state index contributed by atoms with van der Waals surface area (Å²) in [7, 11) is 0. The van der Waals surface area contributed by atoms with Crippen molar-refractivity contribution in [2.75, 3.05) is 11.9 Å². The van der Waals surface area contributed by atoms with Crippen molar-refractivity contribution < 1.29 is 4.74 Å². The van der Waals surface area contributed by atoms with Crippen LogP contribution in [0.25, 0.3) is 11.0 Å². The standard InChI is InChI=1S/C17H19N3O/c1-2-9-21-15-6-3-13(4-7-15)11-18-14-5-8-16-17(10-14)20-12-19-16/h3-8,10,12,18H,2,9,11H2,1H3,(H,19,20). The number of H-pyrrole nitrogens is 1. The lowest BCUT2D eigenvalue weighted by Crippen LogP contribution is -2.00. The number of rotatable bonds is 6. The highest BCUT2D eigenvalue weighted by atomic mass is 16.5. The molecule has 0 aliphatic heterocycles. The molecule has 4 nitrogen and oxygen atoms in total.